The van der Waals surface area contributed by atoms with E-state index in [9.17, 15) is 0 Å². The van der Waals surface area contributed by atoms with Crippen LogP contribution in [0.3, 0.4) is 0 Å². The summed E-state index contributed by atoms with van der Waals surface area (Å²) in [4.78, 5) is 2.56. The van der Waals surface area contributed by atoms with Crippen LogP contribution in [0.25, 0.3) is 0 Å². The summed E-state index contributed by atoms with van der Waals surface area (Å²) in [6.07, 6.45) is 1.19. The molecule has 18 heavy (non-hydrogen) atoms. The van der Waals surface area contributed by atoms with Crippen LogP contribution in [0.2, 0.25) is 0 Å². The van der Waals surface area contributed by atoms with E-state index < -0.39 is 0 Å². The fraction of sp³-hybridized carbons (Fsp3) is 0.625. The number of likely N-dealkylation sites (N-methyl/N-ethyl adjacent to an activating group) is 1. The smallest absolute Gasteiger partial charge is 0.0237 e. The van der Waals surface area contributed by atoms with Crippen LogP contribution in [0.5, 0.6) is 0 Å². The van der Waals surface area contributed by atoms with Crippen molar-refractivity contribution < 1.29 is 0 Å². The summed E-state index contributed by atoms with van der Waals surface area (Å²) in [6, 6.07) is 11.9. The van der Waals surface area contributed by atoms with E-state index in [1.165, 1.54) is 12.0 Å². The average molecular weight is 248 g/mol. The molecule has 0 saturated carbocycles. The molecular formula is C16H28N2. The van der Waals surface area contributed by atoms with Crippen LogP contribution in [-0.2, 0) is 6.54 Å². The van der Waals surface area contributed by atoms with Gasteiger partial charge in [-0.2, -0.15) is 0 Å². The number of benzene rings is 1. The van der Waals surface area contributed by atoms with Crippen molar-refractivity contribution in [3.05, 3.63) is 35.9 Å². The summed E-state index contributed by atoms with van der Waals surface area (Å²) in [5, 5.41) is 3.56. The van der Waals surface area contributed by atoms with Crippen molar-refractivity contribution in [1.29, 1.82) is 0 Å². The van der Waals surface area contributed by atoms with Crippen LogP contribution in [0.4, 0.5) is 0 Å². The summed E-state index contributed by atoms with van der Waals surface area (Å²) >= 11 is 0. The van der Waals surface area contributed by atoms with Gasteiger partial charge in [-0.3, -0.25) is 4.90 Å². The predicted octanol–water partition coefficient (Wildman–Crippen LogP) is 3.29. The Morgan fingerprint density at radius 2 is 1.78 bits per heavy atom. The van der Waals surface area contributed by atoms with Crippen LogP contribution in [0.15, 0.2) is 30.3 Å². The second-order valence-corrected chi connectivity index (χ2v) is 5.17. The van der Waals surface area contributed by atoms with Gasteiger partial charge in [-0.15, -0.1) is 0 Å². The highest BCUT2D eigenvalue weighted by atomic mass is 15.2. The molecule has 1 aromatic carbocycles. The van der Waals surface area contributed by atoms with Gasteiger partial charge in [-0.25, -0.2) is 0 Å². The molecule has 1 atom stereocenters. The highest BCUT2D eigenvalue weighted by Crippen LogP contribution is 2.10. The molecule has 0 radical (unpaired) electrons. The minimum absolute atomic E-state index is 0.564. The van der Waals surface area contributed by atoms with Gasteiger partial charge in [0, 0.05) is 25.2 Å². The second-order valence-electron chi connectivity index (χ2n) is 5.17. The third-order valence-electron chi connectivity index (χ3n) is 3.38. The maximum Gasteiger partial charge on any atom is 0.0237 e. The molecule has 1 rings (SSSR count). The first-order valence-corrected chi connectivity index (χ1v) is 7.18. The van der Waals surface area contributed by atoms with Crippen molar-refractivity contribution in [2.75, 3.05) is 13.1 Å². The average Bonchev–Trinajstić information content (AvgIpc) is 2.38. The fourth-order valence-electron chi connectivity index (χ4n) is 2.22. The molecule has 1 aromatic rings. The lowest BCUT2D eigenvalue weighted by Crippen LogP contribution is -2.43. The molecule has 0 saturated heterocycles. The van der Waals surface area contributed by atoms with E-state index in [4.69, 9.17) is 0 Å². The standard InChI is InChI=1S/C16H28N2/c1-5-16(12-17-14(3)4)18(6-2)13-15-10-8-7-9-11-15/h7-11,14,16-17H,5-6,12-13H2,1-4H3. The van der Waals surface area contributed by atoms with Crippen LogP contribution in [0.1, 0.15) is 39.7 Å². The van der Waals surface area contributed by atoms with Crippen molar-refractivity contribution in [2.45, 2.75) is 52.7 Å². The van der Waals surface area contributed by atoms with E-state index in [-0.39, 0.29) is 0 Å². The predicted molar refractivity (Wildman–Crippen MR) is 79.7 cm³/mol. The lowest BCUT2D eigenvalue weighted by Gasteiger charge is -2.31. The van der Waals surface area contributed by atoms with Crippen LogP contribution < -0.4 is 5.32 Å². The van der Waals surface area contributed by atoms with Gasteiger partial charge >= 0.3 is 0 Å². The normalized spacial score (nSPS) is 13.2. The molecule has 0 aliphatic rings. The van der Waals surface area contributed by atoms with Gasteiger partial charge in [0.1, 0.15) is 0 Å². The molecule has 2 heteroatoms. The first-order valence-electron chi connectivity index (χ1n) is 7.18. The lowest BCUT2D eigenvalue weighted by atomic mass is 10.1. The maximum absolute atomic E-state index is 3.56. The van der Waals surface area contributed by atoms with Gasteiger partial charge in [0.15, 0.2) is 0 Å². The molecule has 1 unspecified atom stereocenters. The Morgan fingerprint density at radius 3 is 2.28 bits per heavy atom. The van der Waals surface area contributed by atoms with Crippen molar-refractivity contribution in [1.82, 2.24) is 10.2 Å². The molecule has 0 aliphatic carbocycles. The number of rotatable bonds is 8. The highest BCUT2D eigenvalue weighted by molar-refractivity contribution is 5.14. The van der Waals surface area contributed by atoms with Crippen LogP contribution >= 0.6 is 0 Å². The van der Waals surface area contributed by atoms with E-state index in [1.54, 1.807) is 0 Å². The minimum atomic E-state index is 0.564. The Kier molecular flexibility index (Phi) is 6.99. The molecule has 0 aromatic heterocycles. The van der Waals surface area contributed by atoms with E-state index >= 15 is 0 Å². The molecule has 1 N–H and O–H groups in total. The summed E-state index contributed by atoms with van der Waals surface area (Å²) < 4.78 is 0. The largest absolute Gasteiger partial charge is 0.313 e. The third kappa shape index (κ3) is 5.19. The lowest BCUT2D eigenvalue weighted by molar-refractivity contribution is 0.185. The maximum atomic E-state index is 3.56. The summed E-state index contributed by atoms with van der Waals surface area (Å²) in [7, 11) is 0. The van der Waals surface area contributed by atoms with Gasteiger partial charge in [-0.05, 0) is 18.5 Å². The summed E-state index contributed by atoms with van der Waals surface area (Å²) in [6.45, 7) is 12.2. The Bertz CT molecular complexity index is 308. The Balaban J connectivity index is 2.57. The topological polar surface area (TPSA) is 15.3 Å². The van der Waals surface area contributed by atoms with Gasteiger partial charge in [0.25, 0.3) is 0 Å². The Morgan fingerprint density at radius 1 is 1.11 bits per heavy atom. The number of hydrogen-bond acceptors (Lipinski definition) is 2. The first-order chi connectivity index (χ1) is 8.67. The molecule has 2 nitrogen and oxygen atoms in total. The SMILES string of the molecule is CCC(CNC(C)C)N(CC)Cc1ccccc1. The van der Waals surface area contributed by atoms with E-state index in [2.05, 4.69) is 68.2 Å². The first kappa shape index (κ1) is 15.2. The van der Waals surface area contributed by atoms with E-state index in [0.717, 1.165) is 19.6 Å². The van der Waals surface area contributed by atoms with Gasteiger partial charge in [-0.1, -0.05) is 58.0 Å². The molecule has 0 fully saturated rings. The van der Waals surface area contributed by atoms with Crippen LogP contribution in [-0.4, -0.2) is 30.1 Å². The molecule has 0 spiro atoms. The zero-order valence-electron chi connectivity index (χ0n) is 12.3. The molecule has 0 heterocycles. The van der Waals surface area contributed by atoms with Crippen LogP contribution in [0, 0.1) is 0 Å². The van der Waals surface area contributed by atoms with Gasteiger partial charge in [0.2, 0.25) is 0 Å². The number of hydrogen-bond donors (Lipinski definition) is 1. The van der Waals surface area contributed by atoms with Crippen molar-refractivity contribution >= 4 is 0 Å². The number of nitrogens with one attached hydrogen (secondary N) is 1. The Labute approximate surface area is 112 Å². The third-order valence-corrected chi connectivity index (χ3v) is 3.38. The molecule has 0 bridgehead atoms. The van der Waals surface area contributed by atoms with E-state index in [0.29, 0.717) is 12.1 Å². The Hall–Kier alpha value is -0.860. The van der Waals surface area contributed by atoms with E-state index in [1.807, 2.05) is 0 Å². The fourth-order valence-corrected chi connectivity index (χ4v) is 2.22. The second kappa shape index (κ2) is 8.28. The monoisotopic (exact) mass is 248 g/mol. The van der Waals surface area contributed by atoms with Gasteiger partial charge in [0.05, 0.1) is 0 Å². The quantitative estimate of drug-likeness (QED) is 0.759. The molecule has 0 aliphatic heterocycles. The molecule has 0 amide bonds. The van der Waals surface area contributed by atoms with Crippen molar-refractivity contribution in [3.63, 3.8) is 0 Å². The van der Waals surface area contributed by atoms with Crippen molar-refractivity contribution in [2.24, 2.45) is 0 Å². The zero-order valence-corrected chi connectivity index (χ0v) is 12.3. The zero-order chi connectivity index (χ0) is 13.4. The summed E-state index contributed by atoms with van der Waals surface area (Å²) in [5.41, 5.74) is 1.40. The highest BCUT2D eigenvalue weighted by Gasteiger charge is 2.15. The minimum Gasteiger partial charge on any atom is -0.313 e. The summed E-state index contributed by atoms with van der Waals surface area (Å²) in [5.74, 6) is 0. The van der Waals surface area contributed by atoms with Gasteiger partial charge < -0.3 is 5.32 Å². The number of nitrogens with zero attached hydrogens (tertiary/aromatic N) is 1. The molecular weight excluding hydrogens is 220 g/mol. The molecule has 102 valence electrons. The van der Waals surface area contributed by atoms with Crippen molar-refractivity contribution in [3.8, 4) is 0 Å².